The highest BCUT2D eigenvalue weighted by Gasteiger charge is 1.98. The molecule has 0 saturated heterocycles. The molecule has 0 spiro atoms. The summed E-state index contributed by atoms with van der Waals surface area (Å²) in [6, 6.07) is 7.73. The second-order valence-corrected chi connectivity index (χ2v) is 2.82. The summed E-state index contributed by atoms with van der Waals surface area (Å²) in [4.78, 5) is 0.892. The van der Waals surface area contributed by atoms with Crippen LogP contribution in [0.1, 0.15) is 0 Å². The third kappa shape index (κ3) is 1.21. The molecule has 3 nitrogen and oxygen atoms in total. The third-order valence-corrected chi connectivity index (χ3v) is 1.93. The monoisotopic (exact) mass is 177 g/mol. The second kappa shape index (κ2) is 2.98. The van der Waals surface area contributed by atoms with Crippen LogP contribution >= 0.6 is 12.6 Å². The normalized spacial score (nSPS) is 10.1. The highest BCUT2D eigenvalue weighted by Crippen LogP contribution is 2.15. The molecular formula is C8H7N3S. The maximum absolute atomic E-state index is 4.30. The van der Waals surface area contributed by atoms with Crippen LogP contribution in [0.5, 0.6) is 0 Å². The second-order valence-electron chi connectivity index (χ2n) is 2.34. The summed E-state index contributed by atoms with van der Waals surface area (Å²) in [6.07, 6.45) is 3.43. The van der Waals surface area contributed by atoms with Gasteiger partial charge in [-0.3, -0.25) is 0 Å². The van der Waals surface area contributed by atoms with Gasteiger partial charge in [0.25, 0.3) is 0 Å². The molecule has 0 aliphatic rings. The molecule has 0 unspecified atom stereocenters. The molecule has 2 rings (SSSR count). The van der Waals surface area contributed by atoms with E-state index in [1.54, 1.807) is 17.1 Å². The Morgan fingerprint density at radius 2 is 2.08 bits per heavy atom. The van der Waals surface area contributed by atoms with Gasteiger partial charge in [-0.2, -0.15) is 0 Å². The van der Waals surface area contributed by atoms with E-state index in [1.807, 2.05) is 24.3 Å². The minimum atomic E-state index is 0.892. The molecule has 0 fully saturated rings. The Morgan fingerprint density at radius 1 is 1.25 bits per heavy atom. The van der Waals surface area contributed by atoms with Crippen LogP contribution in [0.4, 0.5) is 0 Å². The summed E-state index contributed by atoms with van der Waals surface area (Å²) in [5, 5.41) is 7.58. The lowest BCUT2D eigenvalue weighted by Crippen LogP contribution is -1.95. The first-order valence-electron chi connectivity index (χ1n) is 3.52. The Hall–Kier alpha value is -1.29. The summed E-state index contributed by atoms with van der Waals surface area (Å²) in [6.45, 7) is 0. The summed E-state index contributed by atoms with van der Waals surface area (Å²) in [7, 11) is 0. The molecular weight excluding hydrogens is 170 g/mol. The fourth-order valence-electron chi connectivity index (χ4n) is 0.995. The van der Waals surface area contributed by atoms with Crippen molar-refractivity contribution in [2.75, 3.05) is 0 Å². The molecule has 12 heavy (non-hydrogen) atoms. The Kier molecular flexibility index (Phi) is 1.83. The zero-order valence-corrected chi connectivity index (χ0v) is 7.15. The molecule has 1 aromatic heterocycles. The Balaban J connectivity index is 2.55. The van der Waals surface area contributed by atoms with Crippen LogP contribution < -0.4 is 0 Å². The van der Waals surface area contributed by atoms with Crippen molar-refractivity contribution in [1.29, 1.82) is 0 Å². The lowest BCUT2D eigenvalue weighted by atomic mass is 10.3. The van der Waals surface area contributed by atoms with Crippen molar-refractivity contribution in [1.82, 2.24) is 15.0 Å². The maximum Gasteiger partial charge on any atom is 0.0796 e. The van der Waals surface area contributed by atoms with Gasteiger partial charge < -0.3 is 0 Å². The summed E-state index contributed by atoms with van der Waals surface area (Å²) in [5.41, 5.74) is 0.943. The van der Waals surface area contributed by atoms with Crippen molar-refractivity contribution in [3.63, 3.8) is 0 Å². The first kappa shape index (κ1) is 7.36. The molecule has 4 heteroatoms. The predicted octanol–water partition coefficient (Wildman–Crippen LogP) is 1.56. The third-order valence-electron chi connectivity index (χ3n) is 1.55. The van der Waals surface area contributed by atoms with Crippen molar-refractivity contribution in [3.8, 4) is 5.69 Å². The van der Waals surface area contributed by atoms with Gasteiger partial charge in [-0.05, 0) is 12.1 Å². The zero-order chi connectivity index (χ0) is 8.39. The Labute approximate surface area is 75.4 Å². The zero-order valence-electron chi connectivity index (χ0n) is 6.25. The van der Waals surface area contributed by atoms with Gasteiger partial charge in [0, 0.05) is 4.90 Å². The number of nitrogens with zero attached hydrogens (tertiary/aromatic N) is 3. The number of aromatic nitrogens is 3. The minimum Gasteiger partial charge on any atom is -0.220 e. The fourth-order valence-corrected chi connectivity index (χ4v) is 1.26. The van der Waals surface area contributed by atoms with Gasteiger partial charge in [-0.15, -0.1) is 17.7 Å². The standard InChI is InChI=1S/C8H7N3S/c12-8-4-2-1-3-7(8)11-6-5-9-10-11/h1-6,12H. The van der Waals surface area contributed by atoms with E-state index < -0.39 is 0 Å². The highest BCUT2D eigenvalue weighted by atomic mass is 32.1. The average molecular weight is 177 g/mol. The number of para-hydroxylation sites is 1. The van der Waals surface area contributed by atoms with Crippen molar-refractivity contribution < 1.29 is 0 Å². The van der Waals surface area contributed by atoms with Crippen molar-refractivity contribution in [2.45, 2.75) is 4.90 Å². The largest absolute Gasteiger partial charge is 0.220 e. The molecule has 0 amide bonds. The predicted molar refractivity (Wildman–Crippen MR) is 48.6 cm³/mol. The van der Waals surface area contributed by atoms with E-state index >= 15 is 0 Å². The summed E-state index contributed by atoms with van der Waals surface area (Å²) in [5.74, 6) is 0. The van der Waals surface area contributed by atoms with Crippen molar-refractivity contribution in [2.24, 2.45) is 0 Å². The molecule has 0 radical (unpaired) electrons. The minimum absolute atomic E-state index is 0.892. The molecule has 0 bridgehead atoms. The number of thiol groups is 1. The molecule has 2 aromatic rings. The molecule has 0 atom stereocenters. The van der Waals surface area contributed by atoms with Gasteiger partial charge in [0.2, 0.25) is 0 Å². The van der Waals surface area contributed by atoms with E-state index in [0.29, 0.717) is 0 Å². The number of rotatable bonds is 1. The van der Waals surface area contributed by atoms with Crippen LogP contribution in [-0.2, 0) is 0 Å². The number of hydrogen-bond donors (Lipinski definition) is 1. The average Bonchev–Trinajstić information content (AvgIpc) is 2.57. The topological polar surface area (TPSA) is 30.7 Å². The molecule has 1 aromatic carbocycles. The summed E-state index contributed by atoms with van der Waals surface area (Å²) >= 11 is 4.30. The molecule has 0 aliphatic heterocycles. The number of hydrogen-bond acceptors (Lipinski definition) is 3. The van der Waals surface area contributed by atoms with Crippen molar-refractivity contribution in [3.05, 3.63) is 36.7 Å². The number of benzene rings is 1. The van der Waals surface area contributed by atoms with E-state index in [2.05, 4.69) is 22.9 Å². The lowest BCUT2D eigenvalue weighted by molar-refractivity contribution is 0.791. The SMILES string of the molecule is Sc1ccccc1-n1ccnn1. The Bertz CT molecular complexity index is 370. The maximum atomic E-state index is 4.30. The Morgan fingerprint density at radius 3 is 2.75 bits per heavy atom. The lowest BCUT2D eigenvalue weighted by Gasteiger charge is -2.01. The van der Waals surface area contributed by atoms with Gasteiger partial charge in [-0.25, -0.2) is 4.68 Å². The van der Waals surface area contributed by atoms with Gasteiger partial charge in [-0.1, -0.05) is 17.3 Å². The van der Waals surface area contributed by atoms with Gasteiger partial charge in [0.15, 0.2) is 0 Å². The van der Waals surface area contributed by atoms with E-state index in [-0.39, 0.29) is 0 Å². The van der Waals surface area contributed by atoms with Gasteiger partial charge in [0.05, 0.1) is 18.1 Å². The molecule has 60 valence electrons. The van der Waals surface area contributed by atoms with Gasteiger partial charge in [0.1, 0.15) is 0 Å². The van der Waals surface area contributed by atoms with Crippen LogP contribution in [0.25, 0.3) is 5.69 Å². The van der Waals surface area contributed by atoms with Crippen LogP contribution in [0.2, 0.25) is 0 Å². The fraction of sp³-hybridized carbons (Fsp3) is 0. The molecule has 0 aliphatic carbocycles. The quantitative estimate of drug-likeness (QED) is 0.670. The van der Waals surface area contributed by atoms with Crippen LogP contribution in [0.15, 0.2) is 41.6 Å². The van der Waals surface area contributed by atoms with E-state index in [4.69, 9.17) is 0 Å². The summed E-state index contributed by atoms with van der Waals surface area (Å²) < 4.78 is 1.68. The molecule has 0 N–H and O–H groups in total. The van der Waals surface area contributed by atoms with Crippen molar-refractivity contribution >= 4 is 12.6 Å². The van der Waals surface area contributed by atoms with Crippen LogP contribution in [-0.4, -0.2) is 15.0 Å². The van der Waals surface area contributed by atoms with Crippen LogP contribution in [0, 0.1) is 0 Å². The van der Waals surface area contributed by atoms with E-state index in [1.165, 1.54) is 0 Å². The van der Waals surface area contributed by atoms with E-state index in [0.717, 1.165) is 10.6 Å². The van der Waals surface area contributed by atoms with Crippen LogP contribution in [0.3, 0.4) is 0 Å². The first-order chi connectivity index (χ1) is 5.88. The molecule has 1 heterocycles. The smallest absolute Gasteiger partial charge is 0.0796 e. The van der Waals surface area contributed by atoms with E-state index in [9.17, 15) is 0 Å². The first-order valence-corrected chi connectivity index (χ1v) is 3.97. The highest BCUT2D eigenvalue weighted by molar-refractivity contribution is 7.80. The van der Waals surface area contributed by atoms with Gasteiger partial charge >= 0.3 is 0 Å². The molecule has 0 saturated carbocycles.